The molecule has 1 saturated heterocycles. The smallest absolute Gasteiger partial charge is 0.119 e. The number of nitrogens with one attached hydrogen (secondary N) is 1. The summed E-state index contributed by atoms with van der Waals surface area (Å²) in [5, 5.41) is 3.49. The van der Waals surface area contributed by atoms with Crippen molar-refractivity contribution in [2.24, 2.45) is 0 Å². The molecule has 0 amide bonds. The van der Waals surface area contributed by atoms with Gasteiger partial charge in [-0.05, 0) is 43.5 Å². The third-order valence-electron chi connectivity index (χ3n) is 3.17. The molecule has 2 heteroatoms. The summed E-state index contributed by atoms with van der Waals surface area (Å²) in [6.45, 7) is 4.11. The van der Waals surface area contributed by atoms with E-state index in [2.05, 4.69) is 30.4 Å². The Balaban J connectivity index is 1.83. The minimum atomic E-state index is 0.541. The van der Waals surface area contributed by atoms with Gasteiger partial charge in [0, 0.05) is 6.04 Å². The average molecular weight is 219 g/mol. The zero-order valence-electron chi connectivity index (χ0n) is 10.0. The average Bonchev–Trinajstić information content (AvgIpc) is 2.38. The predicted octanol–water partition coefficient (Wildman–Crippen LogP) is 2.77. The highest BCUT2D eigenvalue weighted by Gasteiger charge is 2.12. The first-order valence-electron chi connectivity index (χ1n) is 6.33. The third kappa shape index (κ3) is 3.24. The molecular formula is C14H21NO. The monoisotopic (exact) mass is 219 g/mol. The Morgan fingerprint density at radius 1 is 1.38 bits per heavy atom. The lowest BCUT2D eigenvalue weighted by Gasteiger charge is -2.23. The lowest BCUT2D eigenvalue weighted by molar-refractivity contribution is 0.239. The summed E-state index contributed by atoms with van der Waals surface area (Å²) in [4.78, 5) is 0. The van der Waals surface area contributed by atoms with Gasteiger partial charge in [0.2, 0.25) is 0 Å². The number of hydrogen-bond acceptors (Lipinski definition) is 2. The maximum Gasteiger partial charge on any atom is 0.119 e. The molecule has 1 aliphatic rings. The molecule has 1 heterocycles. The minimum Gasteiger partial charge on any atom is -0.492 e. The lowest BCUT2D eigenvalue weighted by Crippen LogP contribution is -2.38. The van der Waals surface area contributed by atoms with Gasteiger partial charge in [0.05, 0.1) is 0 Å². The van der Waals surface area contributed by atoms with Gasteiger partial charge in [0.1, 0.15) is 12.4 Å². The van der Waals surface area contributed by atoms with E-state index in [1.165, 1.54) is 24.8 Å². The molecule has 0 aromatic heterocycles. The van der Waals surface area contributed by atoms with Crippen LogP contribution < -0.4 is 10.1 Å². The highest BCUT2D eigenvalue weighted by Crippen LogP contribution is 2.15. The Hall–Kier alpha value is -1.02. The molecule has 1 atom stereocenters. The third-order valence-corrected chi connectivity index (χ3v) is 3.17. The van der Waals surface area contributed by atoms with Gasteiger partial charge in [-0.3, -0.25) is 0 Å². The molecule has 2 rings (SSSR count). The van der Waals surface area contributed by atoms with Gasteiger partial charge in [-0.25, -0.2) is 0 Å². The molecule has 1 N–H and O–H groups in total. The summed E-state index contributed by atoms with van der Waals surface area (Å²) < 4.78 is 5.83. The van der Waals surface area contributed by atoms with Crippen molar-refractivity contribution in [1.82, 2.24) is 5.32 Å². The molecule has 0 radical (unpaired) electrons. The molecule has 1 aromatic rings. The number of aryl methyl sites for hydroxylation is 1. The number of benzene rings is 1. The van der Waals surface area contributed by atoms with Crippen molar-refractivity contribution in [3.8, 4) is 5.75 Å². The van der Waals surface area contributed by atoms with Gasteiger partial charge in [-0.15, -0.1) is 0 Å². The summed E-state index contributed by atoms with van der Waals surface area (Å²) >= 11 is 0. The van der Waals surface area contributed by atoms with Crippen LogP contribution in [0.1, 0.15) is 31.7 Å². The molecule has 1 fully saturated rings. The number of hydrogen-bond donors (Lipinski definition) is 1. The van der Waals surface area contributed by atoms with Crippen LogP contribution in [0.15, 0.2) is 24.3 Å². The summed E-state index contributed by atoms with van der Waals surface area (Å²) in [5.74, 6) is 1.01. The van der Waals surface area contributed by atoms with Crippen LogP contribution in [-0.4, -0.2) is 19.2 Å². The van der Waals surface area contributed by atoms with E-state index in [4.69, 9.17) is 4.74 Å². The van der Waals surface area contributed by atoms with E-state index in [1.54, 1.807) is 0 Å². The molecule has 0 spiro atoms. The normalized spacial score (nSPS) is 20.7. The zero-order chi connectivity index (χ0) is 11.2. The molecule has 0 bridgehead atoms. The summed E-state index contributed by atoms with van der Waals surface area (Å²) in [6, 6.07) is 8.94. The predicted molar refractivity (Wildman–Crippen MR) is 67.0 cm³/mol. The highest BCUT2D eigenvalue weighted by molar-refractivity contribution is 5.28. The standard InChI is InChI=1S/C14H21NO/c1-2-12-6-5-8-14(10-12)16-11-13-7-3-4-9-15-13/h5-6,8,10,13,15H,2-4,7,9,11H2,1H3. The van der Waals surface area contributed by atoms with Crippen molar-refractivity contribution in [2.45, 2.75) is 38.6 Å². The van der Waals surface area contributed by atoms with Crippen LogP contribution in [0.4, 0.5) is 0 Å². The van der Waals surface area contributed by atoms with Crippen molar-refractivity contribution in [2.75, 3.05) is 13.2 Å². The molecule has 1 unspecified atom stereocenters. The molecular weight excluding hydrogens is 198 g/mol. The largest absolute Gasteiger partial charge is 0.492 e. The fourth-order valence-electron chi connectivity index (χ4n) is 2.12. The Morgan fingerprint density at radius 2 is 2.31 bits per heavy atom. The second-order valence-electron chi connectivity index (χ2n) is 4.46. The first-order valence-corrected chi connectivity index (χ1v) is 6.33. The van der Waals surface area contributed by atoms with Crippen LogP contribution in [0.5, 0.6) is 5.75 Å². The maximum atomic E-state index is 5.83. The zero-order valence-corrected chi connectivity index (χ0v) is 10.0. The molecule has 1 aliphatic heterocycles. The number of ether oxygens (including phenoxy) is 1. The highest BCUT2D eigenvalue weighted by atomic mass is 16.5. The van der Waals surface area contributed by atoms with E-state index in [0.717, 1.165) is 25.3 Å². The SMILES string of the molecule is CCc1cccc(OCC2CCCCN2)c1. The quantitative estimate of drug-likeness (QED) is 0.840. The topological polar surface area (TPSA) is 21.3 Å². The van der Waals surface area contributed by atoms with Crippen LogP contribution in [0, 0.1) is 0 Å². The minimum absolute atomic E-state index is 0.541. The van der Waals surface area contributed by atoms with Gasteiger partial charge in [-0.2, -0.15) is 0 Å². The first-order chi connectivity index (χ1) is 7.88. The van der Waals surface area contributed by atoms with Crippen molar-refractivity contribution < 1.29 is 4.74 Å². The van der Waals surface area contributed by atoms with E-state index in [1.807, 2.05) is 6.07 Å². The molecule has 0 saturated carbocycles. The van der Waals surface area contributed by atoms with E-state index in [-0.39, 0.29) is 0 Å². The molecule has 2 nitrogen and oxygen atoms in total. The first kappa shape index (κ1) is 11.5. The van der Waals surface area contributed by atoms with Crippen molar-refractivity contribution in [3.05, 3.63) is 29.8 Å². The molecule has 0 aliphatic carbocycles. The fraction of sp³-hybridized carbons (Fsp3) is 0.571. The van der Waals surface area contributed by atoms with Crippen molar-refractivity contribution in [3.63, 3.8) is 0 Å². The molecule has 88 valence electrons. The summed E-state index contributed by atoms with van der Waals surface area (Å²) in [7, 11) is 0. The van der Waals surface area contributed by atoms with Crippen molar-refractivity contribution in [1.29, 1.82) is 0 Å². The van der Waals surface area contributed by atoms with E-state index >= 15 is 0 Å². The maximum absolute atomic E-state index is 5.83. The second-order valence-corrected chi connectivity index (χ2v) is 4.46. The van der Waals surface area contributed by atoms with E-state index in [0.29, 0.717) is 6.04 Å². The van der Waals surface area contributed by atoms with Crippen LogP contribution >= 0.6 is 0 Å². The summed E-state index contributed by atoms with van der Waals surface area (Å²) in [5.41, 5.74) is 1.34. The Morgan fingerprint density at radius 3 is 3.06 bits per heavy atom. The van der Waals surface area contributed by atoms with Crippen LogP contribution in [0.25, 0.3) is 0 Å². The van der Waals surface area contributed by atoms with Crippen LogP contribution in [0.2, 0.25) is 0 Å². The Bertz CT molecular complexity index is 318. The fourth-order valence-corrected chi connectivity index (χ4v) is 2.12. The Kier molecular flexibility index (Phi) is 4.23. The van der Waals surface area contributed by atoms with E-state index in [9.17, 15) is 0 Å². The summed E-state index contributed by atoms with van der Waals surface area (Å²) in [6.07, 6.45) is 4.95. The second kappa shape index (κ2) is 5.90. The van der Waals surface area contributed by atoms with Crippen molar-refractivity contribution >= 4 is 0 Å². The van der Waals surface area contributed by atoms with Gasteiger partial charge in [0.15, 0.2) is 0 Å². The van der Waals surface area contributed by atoms with Gasteiger partial charge in [-0.1, -0.05) is 25.5 Å². The van der Waals surface area contributed by atoms with Crippen LogP contribution in [-0.2, 0) is 6.42 Å². The van der Waals surface area contributed by atoms with Gasteiger partial charge >= 0.3 is 0 Å². The molecule has 16 heavy (non-hydrogen) atoms. The number of rotatable bonds is 4. The van der Waals surface area contributed by atoms with Gasteiger partial charge < -0.3 is 10.1 Å². The number of piperidine rings is 1. The Labute approximate surface area is 98.0 Å². The van der Waals surface area contributed by atoms with E-state index < -0.39 is 0 Å². The molecule has 1 aromatic carbocycles. The van der Waals surface area contributed by atoms with Gasteiger partial charge in [0.25, 0.3) is 0 Å². The van der Waals surface area contributed by atoms with Crippen LogP contribution in [0.3, 0.4) is 0 Å². The lowest BCUT2D eigenvalue weighted by atomic mass is 10.1.